The number of aromatic nitrogens is 2. The number of rotatable bonds is 2. The van der Waals surface area contributed by atoms with E-state index in [1.165, 1.54) is 0 Å². The van der Waals surface area contributed by atoms with Crippen molar-refractivity contribution in [3.8, 4) is 0 Å². The van der Waals surface area contributed by atoms with Crippen molar-refractivity contribution >= 4 is 33.3 Å². The molecule has 0 bridgehead atoms. The van der Waals surface area contributed by atoms with Crippen LogP contribution in [0.5, 0.6) is 0 Å². The number of hydrogen-bond acceptors (Lipinski definition) is 3. The topological polar surface area (TPSA) is 83.8 Å². The number of hydrogen-bond donors (Lipinski definition) is 3. The van der Waals surface area contributed by atoms with Gasteiger partial charge < -0.3 is 11.1 Å². The molecule has 2 aromatic rings. The van der Waals surface area contributed by atoms with Crippen molar-refractivity contribution in [2.45, 2.75) is 6.92 Å². The lowest BCUT2D eigenvalue weighted by molar-refractivity contribution is 0.102. The molecular formula is C11H11BrN4O. The Labute approximate surface area is 107 Å². The highest BCUT2D eigenvalue weighted by molar-refractivity contribution is 9.10. The molecule has 17 heavy (non-hydrogen) atoms. The average molecular weight is 295 g/mol. The Hall–Kier alpha value is -1.82. The van der Waals surface area contributed by atoms with Crippen LogP contribution in [0.15, 0.2) is 28.7 Å². The van der Waals surface area contributed by atoms with Crippen LogP contribution in [0.3, 0.4) is 0 Å². The fraction of sp³-hybridized carbons (Fsp3) is 0.0909. The summed E-state index contributed by atoms with van der Waals surface area (Å²) in [5.41, 5.74) is 7.65. The molecule has 0 saturated carbocycles. The second-order valence-electron chi connectivity index (χ2n) is 3.63. The van der Waals surface area contributed by atoms with Crippen molar-refractivity contribution in [2.75, 3.05) is 11.1 Å². The van der Waals surface area contributed by atoms with E-state index in [2.05, 4.69) is 31.4 Å². The van der Waals surface area contributed by atoms with Crippen LogP contribution in [0.25, 0.3) is 0 Å². The number of nitrogens with one attached hydrogen (secondary N) is 2. The van der Waals surface area contributed by atoms with Gasteiger partial charge in [-0.15, -0.1) is 0 Å². The Morgan fingerprint density at radius 3 is 2.82 bits per heavy atom. The minimum absolute atomic E-state index is 0.225. The molecule has 0 atom stereocenters. The van der Waals surface area contributed by atoms with E-state index < -0.39 is 0 Å². The number of nitrogen functional groups attached to an aromatic ring is 1. The van der Waals surface area contributed by atoms with E-state index in [0.717, 1.165) is 5.69 Å². The van der Waals surface area contributed by atoms with E-state index >= 15 is 0 Å². The zero-order valence-corrected chi connectivity index (χ0v) is 10.7. The van der Waals surface area contributed by atoms with Crippen molar-refractivity contribution in [3.63, 3.8) is 0 Å². The molecule has 0 aliphatic carbocycles. The zero-order valence-electron chi connectivity index (χ0n) is 9.12. The smallest absolute Gasteiger partial charge is 0.256 e. The molecule has 1 aromatic carbocycles. The van der Waals surface area contributed by atoms with Gasteiger partial charge in [-0.3, -0.25) is 9.89 Å². The monoisotopic (exact) mass is 294 g/mol. The number of anilines is 2. The summed E-state index contributed by atoms with van der Waals surface area (Å²) < 4.78 is 0.698. The molecule has 5 nitrogen and oxygen atoms in total. The summed E-state index contributed by atoms with van der Waals surface area (Å²) in [7, 11) is 0. The molecule has 4 N–H and O–H groups in total. The highest BCUT2D eigenvalue weighted by Gasteiger charge is 2.09. The van der Waals surface area contributed by atoms with Gasteiger partial charge in [0.05, 0.1) is 0 Å². The SMILES string of the molecule is Cc1cc(NC(=O)c2ccc(N)c(Br)c2)n[nH]1. The van der Waals surface area contributed by atoms with Crippen LogP contribution in [0.4, 0.5) is 11.5 Å². The molecule has 1 heterocycles. The fourth-order valence-electron chi connectivity index (χ4n) is 1.34. The largest absolute Gasteiger partial charge is 0.398 e. The lowest BCUT2D eigenvalue weighted by Crippen LogP contribution is -2.12. The molecule has 0 aliphatic rings. The number of carbonyl (C=O) groups is 1. The van der Waals surface area contributed by atoms with Gasteiger partial charge in [-0.2, -0.15) is 5.10 Å². The molecule has 88 valence electrons. The quantitative estimate of drug-likeness (QED) is 0.743. The first-order chi connectivity index (χ1) is 8.06. The third-order valence-electron chi connectivity index (χ3n) is 2.21. The third-order valence-corrected chi connectivity index (χ3v) is 2.90. The van der Waals surface area contributed by atoms with Crippen molar-refractivity contribution < 1.29 is 4.79 Å². The molecule has 0 aliphatic heterocycles. The number of benzene rings is 1. The first kappa shape index (κ1) is 11.7. The lowest BCUT2D eigenvalue weighted by Gasteiger charge is -2.03. The Kier molecular flexibility index (Phi) is 3.14. The Bertz CT molecular complexity index is 564. The Morgan fingerprint density at radius 1 is 1.47 bits per heavy atom. The summed E-state index contributed by atoms with van der Waals surface area (Å²) in [5, 5.41) is 9.36. The molecule has 1 aromatic heterocycles. The molecule has 0 saturated heterocycles. The summed E-state index contributed by atoms with van der Waals surface area (Å²) in [5.74, 6) is 0.276. The van der Waals surface area contributed by atoms with E-state index in [1.54, 1.807) is 24.3 Å². The number of aromatic amines is 1. The lowest BCUT2D eigenvalue weighted by atomic mass is 10.2. The van der Waals surface area contributed by atoms with Crippen LogP contribution in [-0.4, -0.2) is 16.1 Å². The highest BCUT2D eigenvalue weighted by Crippen LogP contribution is 2.20. The van der Waals surface area contributed by atoms with Crippen molar-refractivity contribution in [2.24, 2.45) is 0 Å². The number of carbonyl (C=O) groups excluding carboxylic acids is 1. The number of aryl methyl sites for hydroxylation is 1. The summed E-state index contributed by atoms with van der Waals surface area (Å²) in [6.45, 7) is 1.86. The average Bonchev–Trinajstić information content (AvgIpc) is 2.68. The number of H-pyrrole nitrogens is 1. The molecule has 2 rings (SSSR count). The number of halogens is 1. The van der Waals surface area contributed by atoms with Crippen LogP contribution in [-0.2, 0) is 0 Å². The number of amides is 1. The molecular weight excluding hydrogens is 284 g/mol. The molecule has 6 heteroatoms. The minimum Gasteiger partial charge on any atom is -0.398 e. The van der Waals surface area contributed by atoms with Crippen molar-refractivity contribution in [1.29, 1.82) is 0 Å². The molecule has 0 fully saturated rings. The maximum absolute atomic E-state index is 11.9. The van der Waals surface area contributed by atoms with Gasteiger partial charge in [0.15, 0.2) is 5.82 Å². The summed E-state index contributed by atoms with van der Waals surface area (Å²) in [4.78, 5) is 11.9. The second-order valence-corrected chi connectivity index (χ2v) is 4.48. The predicted octanol–water partition coefficient (Wildman–Crippen LogP) is 2.32. The van der Waals surface area contributed by atoms with Gasteiger partial charge in [0.1, 0.15) is 0 Å². The van der Waals surface area contributed by atoms with Gasteiger partial charge in [-0.25, -0.2) is 0 Å². The van der Waals surface area contributed by atoms with Gasteiger partial charge in [0.2, 0.25) is 0 Å². The molecule has 0 radical (unpaired) electrons. The molecule has 0 unspecified atom stereocenters. The van der Waals surface area contributed by atoms with Gasteiger partial charge in [0, 0.05) is 27.5 Å². The maximum atomic E-state index is 11.9. The van der Waals surface area contributed by atoms with Crippen molar-refractivity contribution in [1.82, 2.24) is 10.2 Å². The van der Waals surface area contributed by atoms with E-state index in [9.17, 15) is 4.79 Å². The van der Waals surface area contributed by atoms with Crippen LogP contribution < -0.4 is 11.1 Å². The van der Waals surface area contributed by atoms with Gasteiger partial charge >= 0.3 is 0 Å². The van der Waals surface area contributed by atoms with Gasteiger partial charge in [0.25, 0.3) is 5.91 Å². The first-order valence-electron chi connectivity index (χ1n) is 4.94. The Balaban J connectivity index is 2.17. The molecule has 1 amide bonds. The highest BCUT2D eigenvalue weighted by atomic mass is 79.9. The van der Waals surface area contributed by atoms with E-state index in [4.69, 9.17) is 5.73 Å². The van der Waals surface area contributed by atoms with Gasteiger partial charge in [-0.1, -0.05) is 0 Å². The van der Waals surface area contributed by atoms with Crippen LogP contribution >= 0.6 is 15.9 Å². The fourth-order valence-corrected chi connectivity index (χ4v) is 1.72. The summed E-state index contributed by atoms with van der Waals surface area (Å²) >= 11 is 3.28. The van der Waals surface area contributed by atoms with Crippen LogP contribution in [0.2, 0.25) is 0 Å². The maximum Gasteiger partial charge on any atom is 0.256 e. The summed E-state index contributed by atoms with van der Waals surface area (Å²) in [6, 6.07) is 6.76. The second kappa shape index (κ2) is 4.58. The number of nitrogens with two attached hydrogens (primary N) is 1. The standard InChI is InChI=1S/C11H11BrN4O/c1-6-4-10(16-15-6)14-11(17)7-2-3-9(13)8(12)5-7/h2-5H,13H2,1H3,(H2,14,15,16,17). The van der Waals surface area contributed by atoms with Crippen LogP contribution in [0.1, 0.15) is 16.1 Å². The number of nitrogens with zero attached hydrogens (tertiary/aromatic N) is 1. The van der Waals surface area contributed by atoms with E-state index in [1.807, 2.05) is 6.92 Å². The van der Waals surface area contributed by atoms with E-state index in [-0.39, 0.29) is 5.91 Å². The van der Waals surface area contributed by atoms with E-state index in [0.29, 0.717) is 21.5 Å². The Morgan fingerprint density at radius 2 is 2.24 bits per heavy atom. The van der Waals surface area contributed by atoms with Gasteiger partial charge in [-0.05, 0) is 41.1 Å². The first-order valence-corrected chi connectivity index (χ1v) is 5.74. The normalized spacial score (nSPS) is 10.2. The summed E-state index contributed by atoms with van der Waals surface area (Å²) in [6.07, 6.45) is 0. The minimum atomic E-state index is -0.225. The van der Waals surface area contributed by atoms with Crippen molar-refractivity contribution in [3.05, 3.63) is 40.0 Å². The third kappa shape index (κ3) is 2.65. The predicted molar refractivity (Wildman–Crippen MR) is 69.8 cm³/mol. The molecule has 0 spiro atoms. The van der Waals surface area contributed by atoms with Crippen LogP contribution in [0, 0.1) is 6.92 Å². The zero-order chi connectivity index (χ0) is 12.4.